The lowest BCUT2D eigenvalue weighted by Crippen LogP contribution is -2.30. The van der Waals surface area contributed by atoms with E-state index in [1.165, 1.54) is 10.4 Å². The number of hydrogen-bond donors (Lipinski definition) is 1. The van der Waals surface area contributed by atoms with Gasteiger partial charge in [-0.25, -0.2) is 12.8 Å². The predicted octanol–water partition coefficient (Wildman–Crippen LogP) is 4.94. The topological polar surface area (TPSA) is 66.5 Å². The molecule has 1 amide bonds. The van der Waals surface area contributed by atoms with Gasteiger partial charge in [-0.15, -0.1) is 0 Å². The molecule has 5 nitrogen and oxygen atoms in total. The van der Waals surface area contributed by atoms with Gasteiger partial charge in [0.25, 0.3) is 5.91 Å². The van der Waals surface area contributed by atoms with Crippen molar-refractivity contribution in [3.05, 3.63) is 94.8 Å². The van der Waals surface area contributed by atoms with E-state index >= 15 is 0 Å². The fourth-order valence-electron chi connectivity index (χ4n) is 2.91. The smallest absolute Gasteiger partial charge is 0.258 e. The molecule has 30 heavy (non-hydrogen) atoms. The van der Waals surface area contributed by atoms with E-state index in [4.69, 9.17) is 11.6 Å². The van der Waals surface area contributed by atoms with Gasteiger partial charge in [0.15, 0.2) is 0 Å². The molecule has 0 aliphatic rings. The maximum Gasteiger partial charge on any atom is 0.258 e. The molecule has 0 heterocycles. The Morgan fingerprint density at radius 3 is 2.43 bits per heavy atom. The lowest BCUT2D eigenvalue weighted by atomic mass is 10.2. The zero-order chi connectivity index (χ0) is 21.7. The molecule has 3 aromatic carbocycles. The highest BCUT2D eigenvalue weighted by molar-refractivity contribution is 7.89. The number of anilines is 1. The molecule has 3 rings (SSSR count). The van der Waals surface area contributed by atoms with Crippen LogP contribution >= 0.6 is 11.6 Å². The molecule has 3 aromatic rings. The van der Waals surface area contributed by atoms with Crippen molar-refractivity contribution in [2.45, 2.75) is 18.4 Å². The standard InChI is InChI=1S/C22H20ClFN2O3S/c1-2-26(15-16-7-4-3-5-8-16)30(28,29)19-11-12-21(24)20(14-19)22(27)25-18-10-6-9-17(23)13-18/h3-14H,2,15H2,1H3,(H,25,27). The van der Waals surface area contributed by atoms with Crippen LogP contribution < -0.4 is 5.32 Å². The second-order valence-corrected chi connectivity index (χ2v) is 8.90. The molecule has 0 fully saturated rings. The van der Waals surface area contributed by atoms with Crippen LogP contribution in [0.2, 0.25) is 5.02 Å². The summed E-state index contributed by atoms with van der Waals surface area (Å²) in [4.78, 5) is 12.4. The highest BCUT2D eigenvalue weighted by Crippen LogP contribution is 2.22. The van der Waals surface area contributed by atoms with E-state index in [9.17, 15) is 17.6 Å². The summed E-state index contributed by atoms with van der Waals surface area (Å²) < 4.78 is 41.8. The summed E-state index contributed by atoms with van der Waals surface area (Å²) in [5.41, 5.74) is 0.829. The van der Waals surface area contributed by atoms with Crippen molar-refractivity contribution < 1.29 is 17.6 Å². The van der Waals surface area contributed by atoms with Gasteiger partial charge >= 0.3 is 0 Å². The lowest BCUT2D eigenvalue weighted by Gasteiger charge is -2.21. The fourth-order valence-corrected chi connectivity index (χ4v) is 4.56. The summed E-state index contributed by atoms with van der Waals surface area (Å²) in [6.45, 7) is 2.11. The van der Waals surface area contributed by atoms with Crippen LogP contribution in [-0.4, -0.2) is 25.2 Å². The number of carbonyl (C=O) groups is 1. The van der Waals surface area contributed by atoms with Gasteiger partial charge in [-0.1, -0.05) is 54.9 Å². The molecule has 0 saturated heterocycles. The average Bonchev–Trinajstić information content (AvgIpc) is 2.72. The normalized spacial score (nSPS) is 11.5. The van der Waals surface area contributed by atoms with Crippen LogP contribution in [0.3, 0.4) is 0 Å². The Hall–Kier alpha value is -2.74. The van der Waals surface area contributed by atoms with Crippen LogP contribution in [0.4, 0.5) is 10.1 Å². The first-order valence-corrected chi connectivity index (χ1v) is 11.0. The van der Waals surface area contributed by atoms with Gasteiger partial charge in [0, 0.05) is 23.8 Å². The Bertz CT molecular complexity index is 1150. The summed E-state index contributed by atoms with van der Waals surface area (Å²) in [6, 6.07) is 18.7. The second kappa shape index (κ2) is 9.38. The van der Waals surface area contributed by atoms with E-state index in [-0.39, 0.29) is 23.5 Å². The van der Waals surface area contributed by atoms with Crippen LogP contribution in [0.15, 0.2) is 77.7 Å². The molecule has 0 radical (unpaired) electrons. The zero-order valence-corrected chi connectivity index (χ0v) is 17.8. The minimum Gasteiger partial charge on any atom is -0.322 e. The molecule has 8 heteroatoms. The van der Waals surface area contributed by atoms with E-state index in [0.717, 1.165) is 23.8 Å². The third kappa shape index (κ3) is 5.05. The first kappa shape index (κ1) is 22.0. The van der Waals surface area contributed by atoms with E-state index in [1.807, 2.05) is 30.3 Å². The molecule has 0 atom stereocenters. The highest BCUT2D eigenvalue weighted by Gasteiger charge is 2.25. The highest BCUT2D eigenvalue weighted by atomic mass is 35.5. The predicted molar refractivity (Wildman–Crippen MR) is 116 cm³/mol. The number of amides is 1. The van der Waals surface area contributed by atoms with Crippen molar-refractivity contribution in [3.8, 4) is 0 Å². The Kier molecular flexibility index (Phi) is 6.87. The maximum absolute atomic E-state index is 14.3. The van der Waals surface area contributed by atoms with Gasteiger partial charge in [-0.3, -0.25) is 4.79 Å². The zero-order valence-electron chi connectivity index (χ0n) is 16.2. The molecule has 0 aliphatic carbocycles. The summed E-state index contributed by atoms with van der Waals surface area (Å²) >= 11 is 5.90. The van der Waals surface area contributed by atoms with Gasteiger partial charge in [-0.2, -0.15) is 4.31 Å². The number of rotatable bonds is 7. The van der Waals surface area contributed by atoms with E-state index in [2.05, 4.69) is 5.32 Å². The van der Waals surface area contributed by atoms with Crippen molar-refractivity contribution in [2.24, 2.45) is 0 Å². The van der Waals surface area contributed by atoms with Gasteiger partial charge in [0.1, 0.15) is 5.82 Å². The van der Waals surface area contributed by atoms with Crippen molar-refractivity contribution in [2.75, 3.05) is 11.9 Å². The molecule has 0 aromatic heterocycles. The summed E-state index contributed by atoms with van der Waals surface area (Å²) in [5.74, 6) is -1.59. The molecule has 0 bridgehead atoms. The van der Waals surface area contributed by atoms with Crippen molar-refractivity contribution in [1.82, 2.24) is 4.31 Å². The van der Waals surface area contributed by atoms with Crippen LogP contribution in [-0.2, 0) is 16.6 Å². The number of nitrogens with zero attached hydrogens (tertiary/aromatic N) is 1. The molecule has 0 spiro atoms. The molecule has 0 saturated carbocycles. The van der Waals surface area contributed by atoms with E-state index < -0.39 is 21.7 Å². The van der Waals surface area contributed by atoms with Gasteiger partial charge in [0.2, 0.25) is 10.0 Å². The minimum absolute atomic E-state index is 0.155. The molecule has 0 unspecified atom stereocenters. The van der Waals surface area contributed by atoms with Crippen LogP contribution in [0.25, 0.3) is 0 Å². The quantitative estimate of drug-likeness (QED) is 0.558. The Morgan fingerprint density at radius 2 is 1.77 bits per heavy atom. The van der Waals surface area contributed by atoms with Crippen molar-refractivity contribution in [3.63, 3.8) is 0 Å². The van der Waals surface area contributed by atoms with Crippen molar-refractivity contribution >= 4 is 33.2 Å². The molecule has 1 N–H and O–H groups in total. The molecule has 156 valence electrons. The summed E-state index contributed by atoms with van der Waals surface area (Å²) in [5, 5.41) is 2.94. The molecular formula is C22H20ClFN2O3S. The Labute approximate surface area is 180 Å². The molecule has 0 aliphatic heterocycles. The largest absolute Gasteiger partial charge is 0.322 e. The van der Waals surface area contributed by atoms with Crippen LogP contribution in [0.1, 0.15) is 22.8 Å². The van der Waals surface area contributed by atoms with Gasteiger partial charge in [-0.05, 0) is 42.0 Å². The van der Waals surface area contributed by atoms with Crippen LogP contribution in [0.5, 0.6) is 0 Å². The monoisotopic (exact) mass is 446 g/mol. The first-order chi connectivity index (χ1) is 14.3. The number of hydrogen-bond acceptors (Lipinski definition) is 3. The third-order valence-electron chi connectivity index (χ3n) is 4.46. The second-order valence-electron chi connectivity index (χ2n) is 6.52. The first-order valence-electron chi connectivity index (χ1n) is 9.22. The van der Waals surface area contributed by atoms with E-state index in [0.29, 0.717) is 10.7 Å². The average molecular weight is 447 g/mol. The summed E-state index contributed by atoms with van der Waals surface area (Å²) in [7, 11) is -3.94. The number of halogens is 2. The molecular weight excluding hydrogens is 427 g/mol. The van der Waals surface area contributed by atoms with Crippen molar-refractivity contribution in [1.29, 1.82) is 0 Å². The number of carbonyl (C=O) groups excluding carboxylic acids is 1. The lowest BCUT2D eigenvalue weighted by molar-refractivity contribution is 0.102. The fraction of sp³-hybridized carbons (Fsp3) is 0.136. The van der Waals surface area contributed by atoms with Gasteiger partial charge in [0.05, 0.1) is 10.5 Å². The minimum atomic E-state index is -3.94. The summed E-state index contributed by atoms with van der Waals surface area (Å²) in [6.07, 6.45) is 0. The Balaban J connectivity index is 1.89. The van der Waals surface area contributed by atoms with E-state index in [1.54, 1.807) is 25.1 Å². The SMILES string of the molecule is CCN(Cc1ccccc1)S(=O)(=O)c1ccc(F)c(C(=O)Nc2cccc(Cl)c2)c1. The number of sulfonamides is 1. The van der Waals surface area contributed by atoms with Gasteiger partial charge < -0.3 is 5.32 Å². The number of nitrogens with one attached hydrogen (secondary N) is 1. The Morgan fingerprint density at radius 1 is 1.03 bits per heavy atom. The number of benzene rings is 3. The van der Waals surface area contributed by atoms with Crippen LogP contribution in [0, 0.1) is 5.82 Å². The third-order valence-corrected chi connectivity index (χ3v) is 6.61. The maximum atomic E-state index is 14.3.